The van der Waals surface area contributed by atoms with Gasteiger partial charge in [-0.2, -0.15) is 0 Å². The molecular formula is C12H17ClN2O3. The van der Waals surface area contributed by atoms with Crippen molar-refractivity contribution in [3.05, 3.63) is 28.5 Å². The number of aromatic nitrogens is 1. The molecule has 6 heteroatoms. The van der Waals surface area contributed by atoms with Crippen molar-refractivity contribution in [1.29, 1.82) is 0 Å². The van der Waals surface area contributed by atoms with E-state index >= 15 is 0 Å². The number of pyridine rings is 1. The first-order valence-electron chi connectivity index (χ1n) is 5.74. The van der Waals surface area contributed by atoms with E-state index in [1.807, 2.05) is 6.92 Å². The van der Waals surface area contributed by atoms with E-state index in [0.717, 1.165) is 5.69 Å². The van der Waals surface area contributed by atoms with Gasteiger partial charge in [0.15, 0.2) is 0 Å². The smallest absolute Gasteiger partial charge is 0.254 e. The molecule has 1 aromatic heterocycles. The van der Waals surface area contributed by atoms with Crippen LogP contribution in [-0.2, 0) is 4.74 Å². The predicted octanol–water partition coefficient (Wildman–Crippen LogP) is 1.17. The number of carbonyl (C=O) groups is 1. The van der Waals surface area contributed by atoms with Gasteiger partial charge in [-0.3, -0.25) is 9.78 Å². The van der Waals surface area contributed by atoms with Crippen molar-refractivity contribution in [2.24, 2.45) is 0 Å². The van der Waals surface area contributed by atoms with Crippen molar-refractivity contribution < 1.29 is 14.6 Å². The van der Waals surface area contributed by atoms with E-state index in [9.17, 15) is 4.79 Å². The van der Waals surface area contributed by atoms with Gasteiger partial charge in [-0.25, -0.2) is 0 Å². The van der Waals surface area contributed by atoms with Crippen LogP contribution in [0.15, 0.2) is 12.3 Å². The Morgan fingerprint density at radius 1 is 1.56 bits per heavy atom. The number of halogens is 1. The Morgan fingerprint density at radius 2 is 2.33 bits per heavy atom. The maximum atomic E-state index is 11.7. The fourth-order valence-electron chi connectivity index (χ4n) is 1.33. The highest BCUT2D eigenvalue weighted by molar-refractivity contribution is 6.33. The van der Waals surface area contributed by atoms with Crippen molar-refractivity contribution >= 4 is 17.5 Å². The lowest BCUT2D eigenvalue weighted by atomic mass is 10.2. The number of carbonyl (C=O) groups excluding carboxylic acids is 1. The van der Waals surface area contributed by atoms with Crippen LogP contribution in [0.2, 0.25) is 5.02 Å². The van der Waals surface area contributed by atoms with Crippen LogP contribution in [0.3, 0.4) is 0 Å². The van der Waals surface area contributed by atoms with E-state index in [1.54, 1.807) is 6.07 Å². The minimum Gasteiger partial charge on any atom is -0.394 e. The summed E-state index contributed by atoms with van der Waals surface area (Å²) in [7, 11) is 0. The second-order valence-electron chi connectivity index (χ2n) is 3.75. The SMILES string of the molecule is Cc1cc(Cl)c(C(=O)NCCCOCCO)cn1. The molecule has 0 aliphatic carbocycles. The number of hydrogen-bond acceptors (Lipinski definition) is 4. The van der Waals surface area contributed by atoms with E-state index in [1.165, 1.54) is 6.20 Å². The van der Waals surface area contributed by atoms with E-state index in [2.05, 4.69) is 10.3 Å². The van der Waals surface area contributed by atoms with Crippen LogP contribution in [0.1, 0.15) is 22.5 Å². The molecule has 2 N–H and O–H groups in total. The van der Waals surface area contributed by atoms with Crippen LogP contribution < -0.4 is 5.32 Å². The van der Waals surface area contributed by atoms with Crippen LogP contribution in [0.5, 0.6) is 0 Å². The molecule has 0 fully saturated rings. The molecule has 1 amide bonds. The van der Waals surface area contributed by atoms with Crippen LogP contribution in [0.4, 0.5) is 0 Å². The second-order valence-corrected chi connectivity index (χ2v) is 4.16. The summed E-state index contributed by atoms with van der Waals surface area (Å²) in [5, 5.41) is 11.6. The van der Waals surface area contributed by atoms with Gasteiger partial charge in [0.25, 0.3) is 5.91 Å². The molecule has 100 valence electrons. The van der Waals surface area contributed by atoms with Gasteiger partial charge < -0.3 is 15.2 Å². The molecule has 0 saturated carbocycles. The normalized spacial score (nSPS) is 10.4. The van der Waals surface area contributed by atoms with Gasteiger partial charge in [0.2, 0.25) is 0 Å². The molecule has 0 aliphatic rings. The third-order valence-corrected chi connectivity index (χ3v) is 2.53. The van der Waals surface area contributed by atoms with Gasteiger partial charge in [-0.15, -0.1) is 0 Å². The maximum absolute atomic E-state index is 11.7. The quantitative estimate of drug-likeness (QED) is 0.731. The van der Waals surface area contributed by atoms with E-state index in [0.29, 0.717) is 36.8 Å². The number of aliphatic hydroxyl groups is 1. The first-order valence-corrected chi connectivity index (χ1v) is 6.12. The summed E-state index contributed by atoms with van der Waals surface area (Å²) in [6, 6.07) is 1.65. The molecule has 1 rings (SSSR count). The van der Waals surface area contributed by atoms with Gasteiger partial charge >= 0.3 is 0 Å². The zero-order valence-electron chi connectivity index (χ0n) is 10.3. The van der Waals surface area contributed by atoms with Gasteiger partial charge in [0.1, 0.15) is 0 Å². The lowest BCUT2D eigenvalue weighted by Crippen LogP contribution is -2.25. The summed E-state index contributed by atoms with van der Waals surface area (Å²) in [5.74, 6) is -0.241. The van der Waals surface area contributed by atoms with Crippen LogP contribution >= 0.6 is 11.6 Å². The summed E-state index contributed by atoms with van der Waals surface area (Å²) >= 11 is 5.95. The topological polar surface area (TPSA) is 71.5 Å². The summed E-state index contributed by atoms with van der Waals surface area (Å²) in [5.41, 5.74) is 1.15. The Hall–Kier alpha value is -1.17. The highest BCUT2D eigenvalue weighted by Gasteiger charge is 2.10. The number of ether oxygens (including phenoxy) is 1. The zero-order valence-corrected chi connectivity index (χ0v) is 11.0. The number of nitrogens with one attached hydrogen (secondary N) is 1. The average Bonchev–Trinajstić information content (AvgIpc) is 2.33. The molecule has 18 heavy (non-hydrogen) atoms. The molecule has 5 nitrogen and oxygen atoms in total. The first kappa shape index (κ1) is 14.9. The molecule has 0 bridgehead atoms. The molecule has 0 atom stereocenters. The van der Waals surface area contributed by atoms with Crippen molar-refractivity contribution in [3.63, 3.8) is 0 Å². The Labute approximate surface area is 111 Å². The van der Waals surface area contributed by atoms with Crippen LogP contribution in [0.25, 0.3) is 0 Å². The highest BCUT2D eigenvalue weighted by atomic mass is 35.5. The second kappa shape index (κ2) is 8.02. The maximum Gasteiger partial charge on any atom is 0.254 e. The van der Waals surface area contributed by atoms with Crippen molar-refractivity contribution in [3.8, 4) is 0 Å². The third-order valence-electron chi connectivity index (χ3n) is 2.22. The average molecular weight is 273 g/mol. The summed E-state index contributed by atoms with van der Waals surface area (Å²) in [6.07, 6.45) is 2.15. The Morgan fingerprint density at radius 3 is 3.00 bits per heavy atom. The molecule has 0 aliphatic heterocycles. The van der Waals surface area contributed by atoms with E-state index in [4.69, 9.17) is 21.4 Å². The Bertz CT molecular complexity index is 399. The number of rotatable bonds is 7. The fraction of sp³-hybridized carbons (Fsp3) is 0.500. The minimum atomic E-state index is -0.241. The molecule has 0 saturated heterocycles. The molecule has 1 aromatic rings. The van der Waals surface area contributed by atoms with Crippen molar-refractivity contribution in [2.75, 3.05) is 26.4 Å². The number of aliphatic hydroxyl groups excluding tert-OH is 1. The van der Waals surface area contributed by atoms with E-state index in [-0.39, 0.29) is 12.5 Å². The molecule has 0 radical (unpaired) electrons. The fourth-order valence-corrected chi connectivity index (χ4v) is 1.62. The standard InChI is InChI=1S/C12H17ClN2O3/c1-9-7-11(13)10(8-15-9)12(17)14-3-2-5-18-6-4-16/h7-8,16H,2-6H2,1H3,(H,14,17). The minimum absolute atomic E-state index is 0.0109. The van der Waals surface area contributed by atoms with Gasteiger partial charge in [-0.1, -0.05) is 11.6 Å². The molecule has 1 heterocycles. The lowest BCUT2D eigenvalue weighted by Gasteiger charge is -2.07. The number of aryl methyl sites for hydroxylation is 1. The highest BCUT2D eigenvalue weighted by Crippen LogP contribution is 2.15. The van der Waals surface area contributed by atoms with Crippen LogP contribution in [-0.4, -0.2) is 42.4 Å². The lowest BCUT2D eigenvalue weighted by molar-refractivity contribution is 0.0867. The molecule has 0 unspecified atom stereocenters. The number of amides is 1. The van der Waals surface area contributed by atoms with Crippen molar-refractivity contribution in [1.82, 2.24) is 10.3 Å². The Balaban J connectivity index is 2.32. The van der Waals surface area contributed by atoms with Gasteiger partial charge in [0.05, 0.1) is 23.8 Å². The number of nitrogens with zero attached hydrogens (tertiary/aromatic N) is 1. The number of hydrogen-bond donors (Lipinski definition) is 2. The first-order chi connectivity index (χ1) is 8.65. The molecular weight excluding hydrogens is 256 g/mol. The molecule has 0 aromatic carbocycles. The van der Waals surface area contributed by atoms with Gasteiger partial charge in [-0.05, 0) is 19.4 Å². The Kier molecular flexibility index (Phi) is 6.64. The summed E-state index contributed by atoms with van der Waals surface area (Å²) in [6.45, 7) is 3.14. The third kappa shape index (κ3) is 5.00. The largest absolute Gasteiger partial charge is 0.394 e. The van der Waals surface area contributed by atoms with Crippen molar-refractivity contribution in [2.45, 2.75) is 13.3 Å². The van der Waals surface area contributed by atoms with E-state index < -0.39 is 0 Å². The van der Waals surface area contributed by atoms with Crippen LogP contribution in [0, 0.1) is 6.92 Å². The molecule has 0 spiro atoms. The predicted molar refractivity (Wildman–Crippen MR) is 68.8 cm³/mol. The monoisotopic (exact) mass is 272 g/mol. The zero-order chi connectivity index (χ0) is 13.4. The summed E-state index contributed by atoms with van der Waals surface area (Å²) < 4.78 is 5.07. The summed E-state index contributed by atoms with van der Waals surface area (Å²) in [4.78, 5) is 15.8. The van der Waals surface area contributed by atoms with Gasteiger partial charge in [0, 0.05) is 25.0 Å².